The van der Waals surface area contributed by atoms with E-state index >= 15 is 0 Å². The summed E-state index contributed by atoms with van der Waals surface area (Å²) in [5.41, 5.74) is 2.53. The van der Waals surface area contributed by atoms with Crippen LogP contribution in [0.1, 0.15) is 24.0 Å². The summed E-state index contributed by atoms with van der Waals surface area (Å²) in [6.07, 6.45) is 3.32. The van der Waals surface area contributed by atoms with E-state index in [9.17, 15) is 13.2 Å². The minimum Gasteiger partial charge on any atom is -0.490 e. The van der Waals surface area contributed by atoms with Crippen LogP contribution in [-0.4, -0.2) is 62.6 Å². The molecular weight excluding hydrogens is 414 g/mol. The molecule has 0 aliphatic carbocycles. The second-order valence-corrected chi connectivity index (χ2v) is 10.2. The van der Waals surface area contributed by atoms with Crippen molar-refractivity contribution in [1.29, 1.82) is 0 Å². The van der Waals surface area contributed by atoms with Gasteiger partial charge in [-0.2, -0.15) is 4.31 Å². The summed E-state index contributed by atoms with van der Waals surface area (Å²) in [5.74, 6) is 0.381. The van der Waals surface area contributed by atoms with Crippen LogP contribution in [0.15, 0.2) is 48.5 Å². The van der Waals surface area contributed by atoms with Gasteiger partial charge in [0, 0.05) is 25.3 Å². The fourth-order valence-electron chi connectivity index (χ4n) is 3.46. The SMILES string of the molecule is Cc1ccc(CN(CC(=O)Nc2ccc(OC3CCN(C)CC3)cc2)S(C)(=O)=O)cc1. The summed E-state index contributed by atoms with van der Waals surface area (Å²) >= 11 is 0. The molecule has 1 saturated heterocycles. The highest BCUT2D eigenvalue weighted by molar-refractivity contribution is 7.88. The summed E-state index contributed by atoms with van der Waals surface area (Å²) in [4.78, 5) is 14.8. The number of likely N-dealkylation sites (tertiary alicyclic amines) is 1. The number of carbonyl (C=O) groups excluding carboxylic acids is 1. The number of benzene rings is 2. The van der Waals surface area contributed by atoms with Crippen LogP contribution in [-0.2, 0) is 21.4 Å². The van der Waals surface area contributed by atoms with Crippen LogP contribution in [0.4, 0.5) is 5.69 Å². The van der Waals surface area contributed by atoms with Crippen LogP contribution >= 0.6 is 0 Å². The topological polar surface area (TPSA) is 79.0 Å². The van der Waals surface area contributed by atoms with Gasteiger partial charge in [0.05, 0.1) is 12.8 Å². The highest BCUT2D eigenvalue weighted by atomic mass is 32.2. The van der Waals surface area contributed by atoms with Crippen LogP contribution in [0.3, 0.4) is 0 Å². The molecule has 0 bridgehead atoms. The molecule has 2 aromatic carbocycles. The average Bonchev–Trinajstić information content (AvgIpc) is 2.71. The molecule has 1 heterocycles. The van der Waals surface area contributed by atoms with E-state index in [4.69, 9.17) is 4.74 Å². The third-order valence-electron chi connectivity index (χ3n) is 5.37. The van der Waals surface area contributed by atoms with Crippen LogP contribution in [0.25, 0.3) is 0 Å². The first-order chi connectivity index (χ1) is 14.7. The van der Waals surface area contributed by atoms with Gasteiger partial charge >= 0.3 is 0 Å². The van der Waals surface area contributed by atoms with Gasteiger partial charge in [0.25, 0.3) is 0 Å². The molecule has 0 aromatic heterocycles. The van der Waals surface area contributed by atoms with Crippen molar-refractivity contribution in [3.05, 3.63) is 59.7 Å². The third-order valence-corrected chi connectivity index (χ3v) is 6.57. The highest BCUT2D eigenvalue weighted by Crippen LogP contribution is 2.21. The van der Waals surface area contributed by atoms with Crippen molar-refractivity contribution in [1.82, 2.24) is 9.21 Å². The quantitative estimate of drug-likeness (QED) is 0.676. The number of nitrogens with one attached hydrogen (secondary N) is 1. The monoisotopic (exact) mass is 445 g/mol. The van der Waals surface area contributed by atoms with Gasteiger partial charge in [0.1, 0.15) is 11.9 Å². The Hall–Kier alpha value is -2.42. The molecule has 31 heavy (non-hydrogen) atoms. The van der Waals surface area contributed by atoms with Gasteiger partial charge < -0.3 is 15.0 Å². The second-order valence-electron chi connectivity index (χ2n) is 8.21. The van der Waals surface area contributed by atoms with Crippen LogP contribution in [0, 0.1) is 6.92 Å². The van der Waals surface area contributed by atoms with Crippen LogP contribution in [0.5, 0.6) is 5.75 Å². The maximum absolute atomic E-state index is 12.5. The summed E-state index contributed by atoms with van der Waals surface area (Å²) in [7, 11) is -1.43. The Labute approximate surface area is 185 Å². The lowest BCUT2D eigenvalue weighted by molar-refractivity contribution is -0.116. The smallest absolute Gasteiger partial charge is 0.239 e. The number of carbonyl (C=O) groups is 1. The zero-order valence-corrected chi connectivity index (χ0v) is 19.2. The molecule has 1 amide bonds. The van der Waals surface area contributed by atoms with Gasteiger partial charge in [-0.25, -0.2) is 8.42 Å². The fourth-order valence-corrected chi connectivity index (χ4v) is 4.20. The number of ether oxygens (including phenoxy) is 1. The van der Waals surface area contributed by atoms with E-state index in [0.29, 0.717) is 5.69 Å². The molecule has 8 heteroatoms. The molecule has 0 spiro atoms. The van der Waals surface area contributed by atoms with Crippen molar-refractivity contribution < 1.29 is 17.9 Å². The second kappa shape index (κ2) is 10.3. The lowest BCUT2D eigenvalue weighted by atomic mass is 10.1. The van der Waals surface area contributed by atoms with Crippen molar-refractivity contribution in [3.8, 4) is 5.75 Å². The Morgan fingerprint density at radius 2 is 1.71 bits per heavy atom. The number of hydrogen-bond donors (Lipinski definition) is 1. The predicted molar refractivity (Wildman–Crippen MR) is 123 cm³/mol. The summed E-state index contributed by atoms with van der Waals surface area (Å²) in [6, 6.07) is 14.8. The predicted octanol–water partition coefficient (Wildman–Crippen LogP) is 2.87. The van der Waals surface area contributed by atoms with E-state index in [0.717, 1.165) is 49.1 Å². The molecule has 7 nitrogen and oxygen atoms in total. The van der Waals surface area contributed by atoms with Gasteiger partial charge in [-0.05, 0) is 56.6 Å². The molecule has 1 aliphatic rings. The van der Waals surface area contributed by atoms with E-state index < -0.39 is 10.0 Å². The van der Waals surface area contributed by atoms with Crippen molar-refractivity contribution in [2.24, 2.45) is 0 Å². The molecule has 1 aliphatic heterocycles. The minimum atomic E-state index is -3.54. The molecule has 0 radical (unpaired) electrons. The summed E-state index contributed by atoms with van der Waals surface area (Å²) < 4.78 is 31.5. The van der Waals surface area contributed by atoms with E-state index in [1.807, 2.05) is 43.3 Å². The zero-order valence-electron chi connectivity index (χ0n) is 18.4. The first-order valence-electron chi connectivity index (χ1n) is 10.4. The average molecular weight is 446 g/mol. The lowest BCUT2D eigenvalue weighted by Crippen LogP contribution is -2.36. The maximum atomic E-state index is 12.5. The number of sulfonamides is 1. The number of amides is 1. The Balaban J connectivity index is 1.55. The van der Waals surface area contributed by atoms with Gasteiger partial charge in [0.2, 0.25) is 15.9 Å². The molecule has 0 atom stereocenters. The van der Waals surface area contributed by atoms with E-state index in [1.165, 1.54) is 4.31 Å². The van der Waals surface area contributed by atoms with E-state index in [-0.39, 0.29) is 25.1 Å². The molecule has 1 fully saturated rings. The number of nitrogens with zero attached hydrogens (tertiary/aromatic N) is 2. The van der Waals surface area contributed by atoms with Crippen molar-refractivity contribution in [3.63, 3.8) is 0 Å². The Morgan fingerprint density at radius 1 is 1.10 bits per heavy atom. The Morgan fingerprint density at radius 3 is 2.29 bits per heavy atom. The Bertz CT molecular complexity index is 967. The van der Waals surface area contributed by atoms with Crippen LogP contribution in [0.2, 0.25) is 0 Å². The third kappa shape index (κ3) is 7.34. The summed E-state index contributed by atoms with van der Waals surface area (Å²) in [5, 5.41) is 2.77. The van der Waals surface area contributed by atoms with E-state index in [2.05, 4.69) is 17.3 Å². The van der Waals surface area contributed by atoms with E-state index in [1.54, 1.807) is 12.1 Å². The molecule has 0 unspecified atom stereocenters. The van der Waals surface area contributed by atoms with Gasteiger partial charge in [-0.1, -0.05) is 29.8 Å². The normalized spacial score (nSPS) is 15.7. The molecule has 3 rings (SSSR count). The maximum Gasteiger partial charge on any atom is 0.239 e. The molecule has 2 aromatic rings. The van der Waals surface area contributed by atoms with Crippen molar-refractivity contribution in [2.75, 3.05) is 38.3 Å². The molecule has 168 valence electrons. The molecule has 0 saturated carbocycles. The zero-order chi connectivity index (χ0) is 22.4. The lowest BCUT2D eigenvalue weighted by Gasteiger charge is -2.29. The standard InChI is InChI=1S/C23H31N3O4S/c1-18-4-6-19(7-5-18)16-26(31(3,28)29)17-23(27)24-20-8-10-21(11-9-20)30-22-12-14-25(2)15-13-22/h4-11,22H,12-17H2,1-3H3,(H,24,27). The van der Waals surface area contributed by atoms with Gasteiger partial charge in [-0.3, -0.25) is 4.79 Å². The summed E-state index contributed by atoms with van der Waals surface area (Å²) in [6.45, 7) is 3.92. The van der Waals surface area contributed by atoms with Gasteiger partial charge in [0.15, 0.2) is 0 Å². The largest absolute Gasteiger partial charge is 0.490 e. The molecular formula is C23H31N3O4S. The van der Waals surface area contributed by atoms with Crippen molar-refractivity contribution >= 4 is 21.6 Å². The first kappa shape index (κ1) is 23.2. The molecule has 1 N–H and O–H groups in total. The number of hydrogen-bond acceptors (Lipinski definition) is 5. The number of rotatable bonds is 8. The highest BCUT2D eigenvalue weighted by Gasteiger charge is 2.21. The fraction of sp³-hybridized carbons (Fsp3) is 0.435. The van der Waals surface area contributed by atoms with Crippen molar-refractivity contribution in [2.45, 2.75) is 32.4 Å². The number of anilines is 1. The Kier molecular flexibility index (Phi) is 7.69. The van der Waals surface area contributed by atoms with Crippen LogP contribution < -0.4 is 10.1 Å². The number of piperidine rings is 1. The minimum absolute atomic E-state index is 0.149. The van der Waals surface area contributed by atoms with Gasteiger partial charge in [-0.15, -0.1) is 0 Å². The number of aryl methyl sites for hydroxylation is 1. The first-order valence-corrected chi connectivity index (χ1v) is 12.3.